The fourth-order valence-electron chi connectivity index (χ4n) is 3.18. The van der Waals surface area contributed by atoms with E-state index >= 15 is 0 Å². The number of aromatic nitrogens is 2. The molecule has 1 aliphatic rings. The van der Waals surface area contributed by atoms with Gasteiger partial charge >= 0.3 is 0 Å². The van der Waals surface area contributed by atoms with Crippen LogP contribution in [-0.4, -0.2) is 33.6 Å². The highest BCUT2D eigenvalue weighted by Gasteiger charge is 2.35. The van der Waals surface area contributed by atoms with E-state index in [0.717, 1.165) is 18.6 Å². The molecule has 0 aliphatic carbocycles. The Hall–Kier alpha value is -2.37. The standard InChI is InChI=1S/C19H25N3O3/c1-12(2)15-7-5-8-16(11-15)24-13(3)19(23)22-10-6-9-17(22)18-20-14(4)25-21-18/h5,7-8,11-13,17H,6,9-10H2,1-4H3. The summed E-state index contributed by atoms with van der Waals surface area (Å²) in [5.41, 5.74) is 1.19. The van der Waals surface area contributed by atoms with E-state index in [4.69, 9.17) is 9.26 Å². The molecular formula is C19H25N3O3. The zero-order valence-electron chi connectivity index (χ0n) is 15.2. The summed E-state index contributed by atoms with van der Waals surface area (Å²) in [5.74, 6) is 2.19. The molecule has 0 bridgehead atoms. The molecule has 1 aliphatic heterocycles. The molecule has 1 amide bonds. The molecule has 6 heteroatoms. The van der Waals surface area contributed by atoms with Gasteiger partial charge in [-0.15, -0.1) is 0 Å². The van der Waals surface area contributed by atoms with Gasteiger partial charge in [0.25, 0.3) is 5.91 Å². The zero-order chi connectivity index (χ0) is 18.0. The van der Waals surface area contributed by atoms with Crippen LogP contribution in [0.1, 0.15) is 62.9 Å². The van der Waals surface area contributed by atoms with Crippen LogP contribution in [0.15, 0.2) is 28.8 Å². The summed E-state index contributed by atoms with van der Waals surface area (Å²) in [4.78, 5) is 19.0. The third-order valence-corrected chi connectivity index (χ3v) is 4.56. The topological polar surface area (TPSA) is 68.5 Å². The lowest BCUT2D eigenvalue weighted by atomic mass is 10.0. The average molecular weight is 343 g/mol. The minimum atomic E-state index is -0.559. The molecule has 25 heavy (non-hydrogen) atoms. The molecule has 2 unspecified atom stereocenters. The van der Waals surface area contributed by atoms with E-state index in [9.17, 15) is 4.79 Å². The van der Waals surface area contributed by atoms with Crippen molar-refractivity contribution in [3.8, 4) is 5.75 Å². The van der Waals surface area contributed by atoms with Gasteiger partial charge in [0.1, 0.15) is 5.75 Å². The minimum Gasteiger partial charge on any atom is -0.481 e. The van der Waals surface area contributed by atoms with Crippen molar-refractivity contribution in [3.63, 3.8) is 0 Å². The number of ether oxygens (including phenoxy) is 1. The third-order valence-electron chi connectivity index (χ3n) is 4.56. The van der Waals surface area contributed by atoms with E-state index in [1.807, 2.05) is 18.2 Å². The summed E-state index contributed by atoms with van der Waals surface area (Å²) < 4.78 is 11.0. The Kier molecular flexibility index (Phi) is 5.06. The summed E-state index contributed by atoms with van der Waals surface area (Å²) in [7, 11) is 0. The Balaban J connectivity index is 1.70. The van der Waals surface area contributed by atoms with Crippen LogP contribution in [0.3, 0.4) is 0 Å². The van der Waals surface area contributed by atoms with Crippen LogP contribution in [-0.2, 0) is 4.79 Å². The predicted octanol–water partition coefficient (Wildman–Crippen LogP) is 3.63. The van der Waals surface area contributed by atoms with Gasteiger partial charge in [-0.05, 0) is 43.4 Å². The summed E-state index contributed by atoms with van der Waals surface area (Å²) >= 11 is 0. The molecule has 1 aromatic heterocycles. The second-order valence-electron chi connectivity index (χ2n) is 6.85. The summed E-state index contributed by atoms with van der Waals surface area (Å²) in [6.07, 6.45) is 1.22. The van der Waals surface area contributed by atoms with E-state index in [2.05, 4.69) is 30.1 Å². The molecule has 3 rings (SSSR count). The summed E-state index contributed by atoms with van der Waals surface area (Å²) in [5, 5.41) is 3.98. The van der Waals surface area contributed by atoms with E-state index in [-0.39, 0.29) is 11.9 Å². The number of likely N-dealkylation sites (tertiary alicyclic amines) is 1. The van der Waals surface area contributed by atoms with Crippen LogP contribution in [0.2, 0.25) is 0 Å². The van der Waals surface area contributed by atoms with Crippen LogP contribution < -0.4 is 4.74 Å². The molecule has 2 heterocycles. The van der Waals surface area contributed by atoms with Crippen molar-refractivity contribution in [1.29, 1.82) is 0 Å². The second kappa shape index (κ2) is 7.25. The van der Waals surface area contributed by atoms with Gasteiger partial charge in [0.15, 0.2) is 11.9 Å². The van der Waals surface area contributed by atoms with Gasteiger partial charge in [0.05, 0.1) is 6.04 Å². The number of carbonyl (C=O) groups excluding carboxylic acids is 1. The number of carbonyl (C=O) groups is 1. The molecule has 0 radical (unpaired) electrons. The second-order valence-corrected chi connectivity index (χ2v) is 6.85. The highest BCUT2D eigenvalue weighted by atomic mass is 16.5. The molecule has 0 N–H and O–H groups in total. The lowest BCUT2D eigenvalue weighted by Gasteiger charge is -2.26. The smallest absolute Gasteiger partial charge is 0.263 e. The minimum absolute atomic E-state index is 0.0418. The van der Waals surface area contributed by atoms with Crippen molar-refractivity contribution in [3.05, 3.63) is 41.5 Å². The number of nitrogens with zero attached hydrogens (tertiary/aromatic N) is 3. The Morgan fingerprint density at radius 1 is 1.36 bits per heavy atom. The van der Waals surface area contributed by atoms with Crippen LogP contribution in [0.5, 0.6) is 5.75 Å². The van der Waals surface area contributed by atoms with Crippen LogP contribution in [0, 0.1) is 6.92 Å². The van der Waals surface area contributed by atoms with Crippen molar-refractivity contribution in [2.24, 2.45) is 0 Å². The van der Waals surface area contributed by atoms with Gasteiger partial charge in [0, 0.05) is 13.5 Å². The first-order valence-corrected chi connectivity index (χ1v) is 8.83. The van der Waals surface area contributed by atoms with Crippen molar-refractivity contribution in [2.45, 2.75) is 58.6 Å². The fraction of sp³-hybridized carbons (Fsp3) is 0.526. The SMILES string of the molecule is Cc1nc(C2CCCN2C(=O)C(C)Oc2cccc(C(C)C)c2)no1. The Bertz CT molecular complexity index is 741. The lowest BCUT2D eigenvalue weighted by Crippen LogP contribution is -2.40. The van der Waals surface area contributed by atoms with Crippen molar-refractivity contribution in [2.75, 3.05) is 6.54 Å². The van der Waals surface area contributed by atoms with Gasteiger partial charge in [-0.25, -0.2) is 0 Å². The molecule has 0 spiro atoms. The van der Waals surface area contributed by atoms with Gasteiger partial charge in [0.2, 0.25) is 5.89 Å². The molecular weight excluding hydrogens is 318 g/mol. The normalized spacial score (nSPS) is 18.6. The highest BCUT2D eigenvalue weighted by Crippen LogP contribution is 2.31. The lowest BCUT2D eigenvalue weighted by molar-refractivity contribution is -0.139. The van der Waals surface area contributed by atoms with E-state index in [1.54, 1.807) is 18.7 Å². The Morgan fingerprint density at radius 2 is 2.16 bits per heavy atom. The van der Waals surface area contributed by atoms with Crippen molar-refractivity contribution in [1.82, 2.24) is 15.0 Å². The largest absolute Gasteiger partial charge is 0.481 e. The number of rotatable bonds is 5. The first kappa shape index (κ1) is 17.5. The van der Waals surface area contributed by atoms with Crippen LogP contribution in [0.25, 0.3) is 0 Å². The number of hydrogen-bond donors (Lipinski definition) is 0. The summed E-state index contributed by atoms with van der Waals surface area (Å²) in [6, 6.07) is 7.79. The van der Waals surface area contributed by atoms with Gasteiger partial charge in [-0.3, -0.25) is 4.79 Å². The molecule has 1 fully saturated rings. The Labute approximate surface area is 148 Å². The van der Waals surface area contributed by atoms with Gasteiger partial charge in [-0.2, -0.15) is 4.98 Å². The van der Waals surface area contributed by atoms with Gasteiger partial charge < -0.3 is 14.2 Å². The maximum absolute atomic E-state index is 12.9. The monoisotopic (exact) mass is 343 g/mol. The number of amides is 1. The zero-order valence-corrected chi connectivity index (χ0v) is 15.2. The maximum atomic E-state index is 12.9. The molecule has 0 saturated carbocycles. The molecule has 6 nitrogen and oxygen atoms in total. The first-order chi connectivity index (χ1) is 12.0. The molecule has 1 saturated heterocycles. The van der Waals surface area contributed by atoms with Crippen LogP contribution >= 0.6 is 0 Å². The molecule has 1 aromatic carbocycles. The average Bonchev–Trinajstić information content (AvgIpc) is 3.22. The van der Waals surface area contributed by atoms with E-state index in [1.165, 1.54) is 5.56 Å². The Morgan fingerprint density at radius 3 is 2.84 bits per heavy atom. The van der Waals surface area contributed by atoms with Gasteiger partial charge in [-0.1, -0.05) is 31.1 Å². The van der Waals surface area contributed by atoms with Crippen LogP contribution in [0.4, 0.5) is 0 Å². The summed E-state index contributed by atoms with van der Waals surface area (Å²) in [6.45, 7) is 8.51. The first-order valence-electron chi connectivity index (χ1n) is 8.83. The van der Waals surface area contributed by atoms with E-state index < -0.39 is 6.10 Å². The third kappa shape index (κ3) is 3.83. The fourth-order valence-corrected chi connectivity index (χ4v) is 3.18. The quantitative estimate of drug-likeness (QED) is 0.829. The predicted molar refractivity (Wildman–Crippen MR) is 93.3 cm³/mol. The molecule has 2 aromatic rings. The van der Waals surface area contributed by atoms with Crippen molar-refractivity contribution >= 4 is 5.91 Å². The number of aryl methyl sites for hydroxylation is 1. The highest BCUT2D eigenvalue weighted by molar-refractivity contribution is 5.81. The number of hydrogen-bond acceptors (Lipinski definition) is 5. The van der Waals surface area contributed by atoms with E-state index in [0.29, 0.717) is 24.2 Å². The van der Waals surface area contributed by atoms with Crippen molar-refractivity contribution < 1.29 is 14.1 Å². The maximum Gasteiger partial charge on any atom is 0.263 e. The number of benzene rings is 1. The molecule has 134 valence electrons. The molecule has 2 atom stereocenters.